The van der Waals surface area contributed by atoms with Crippen LogP contribution in [0.5, 0.6) is 0 Å². The van der Waals surface area contributed by atoms with Crippen LogP contribution in [0.25, 0.3) is 10.8 Å². The summed E-state index contributed by atoms with van der Waals surface area (Å²) in [5.41, 5.74) is 3.88. The van der Waals surface area contributed by atoms with E-state index in [2.05, 4.69) is 58.5 Å². The van der Waals surface area contributed by atoms with Crippen molar-refractivity contribution in [3.63, 3.8) is 0 Å². The molecule has 1 aliphatic carbocycles. The molecule has 1 saturated carbocycles. The molecule has 5 rings (SSSR count). The lowest BCUT2D eigenvalue weighted by Gasteiger charge is -2.42. The molecule has 3 aromatic rings. The second-order valence-electron chi connectivity index (χ2n) is 12.6. The van der Waals surface area contributed by atoms with E-state index < -0.39 is 17.4 Å². The second kappa shape index (κ2) is 13.3. The summed E-state index contributed by atoms with van der Waals surface area (Å²) in [6.07, 6.45) is 8.11. The average Bonchev–Trinajstić information content (AvgIpc) is 2.97. The minimum atomic E-state index is -1.01. The van der Waals surface area contributed by atoms with Crippen molar-refractivity contribution >= 4 is 22.6 Å². The third-order valence-electron chi connectivity index (χ3n) is 9.00. The quantitative estimate of drug-likeness (QED) is 0.375. The van der Waals surface area contributed by atoms with Crippen LogP contribution in [-0.4, -0.2) is 84.2 Å². The Kier molecular flexibility index (Phi) is 9.56. The highest BCUT2D eigenvalue weighted by molar-refractivity contribution is 5.87. The maximum Gasteiger partial charge on any atom is 0.326 e. The number of nitrogens with one attached hydrogen (secondary N) is 1. The van der Waals surface area contributed by atoms with Gasteiger partial charge in [-0.2, -0.15) is 0 Å². The van der Waals surface area contributed by atoms with Crippen LogP contribution in [0.2, 0.25) is 0 Å². The monoisotopic (exact) mass is 572 g/mol. The highest BCUT2D eigenvalue weighted by atomic mass is 16.5. The maximum absolute atomic E-state index is 13.4. The lowest BCUT2D eigenvalue weighted by atomic mass is 9.72. The van der Waals surface area contributed by atoms with Gasteiger partial charge in [0.1, 0.15) is 6.04 Å². The fraction of sp³-hybridized carbons (Fsp3) is 0.500. The van der Waals surface area contributed by atoms with Gasteiger partial charge in [-0.1, -0.05) is 37.3 Å². The van der Waals surface area contributed by atoms with Crippen molar-refractivity contribution in [1.82, 2.24) is 20.1 Å². The van der Waals surface area contributed by atoms with Crippen LogP contribution >= 0.6 is 0 Å². The zero-order valence-electron chi connectivity index (χ0n) is 25.1. The molecule has 1 aliphatic heterocycles. The van der Waals surface area contributed by atoms with E-state index >= 15 is 0 Å². The molecule has 224 valence electrons. The molecule has 0 radical (unpaired) electrons. The van der Waals surface area contributed by atoms with Gasteiger partial charge in [-0.3, -0.25) is 14.7 Å². The van der Waals surface area contributed by atoms with E-state index in [1.54, 1.807) is 0 Å². The van der Waals surface area contributed by atoms with Gasteiger partial charge < -0.3 is 20.1 Å². The summed E-state index contributed by atoms with van der Waals surface area (Å²) in [5, 5.41) is 15.2. The summed E-state index contributed by atoms with van der Waals surface area (Å²) in [4.78, 5) is 34.7. The first-order chi connectivity index (χ1) is 20.2. The summed E-state index contributed by atoms with van der Waals surface area (Å²) in [7, 11) is 4.13. The Labute approximate surface area is 249 Å². The number of nitrogens with zero attached hydrogens (tertiary/aromatic N) is 3. The normalized spacial score (nSPS) is 22.2. The van der Waals surface area contributed by atoms with Gasteiger partial charge in [0.05, 0.1) is 13.2 Å². The van der Waals surface area contributed by atoms with Crippen LogP contribution in [0.4, 0.5) is 0 Å². The summed E-state index contributed by atoms with van der Waals surface area (Å²) in [5.74, 6) is -1.16. The molecule has 1 atom stereocenters. The Balaban J connectivity index is 1.25. The minimum Gasteiger partial charge on any atom is -0.480 e. The molecule has 2 aliphatic rings. The van der Waals surface area contributed by atoms with Gasteiger partial charge in [-0.05, 0) is 86.0 Å². The second-order valence-corrected chi connectivity index (χ2v) is 12.6. The SMILES string of the molecule is CN(C)Cc1cc(Cc2cccc(CC(NC(=O)C3(C)CCC(N4CCOCC4)CC3)C(=O)O)c2)c2cnccc2c1. The molecule has 8 heteroatoms. The number of carbonyl (C=O) groups is 2. The smallest absolute Gasteiger partial charge is 0.326 e. The first-order valence-corrected chi connectivity index (χ1v) is 15.1. The fourth-order valence-electron chi connectivity index (χ4n) is 6.57. The number of hydrogen-bond donors (Lipinski definition) is 2. The number of carboxylic acid groups (broad SMARTS) is 1. The number of rotatable bonds is 10. The molecule has 1 unspecified atom stereocenters. The van der Waals surface area contributed by atoms with E-state index in [4.69, 9.17) is 4.74 Å². The van der Waals surface area contributed by atoms with Gasteiger partial charge in [0, 0.05) is 55.3 Å². The largest absolute Gasteiger partial charge is 0.480 e. The van der Waals surface area contributed by atoms with Crippen molar-refractivity contribution in [2.75, 3.05) is 40.4 Å². The summed E-state index contributed by atoms with van der Waals surface area (Å²) in [6.45, 7) is 6.27. The van der Waals surface area contributed by atoms with E-state index in [0.717, 1.165) is 80.4 Å². The van der Waals surface area contributed by atoms with Gasteiger partial charge >= 0.3 is 5.97 Å². The van der Waals surface area contributed by atoms with Crippen molar-refractivity contribution in [3.8, 4) is 0 Å². The van der Waals surface area contributed by atoms with Crippen LogP contribution in [-0.2, 0) is 33.7 Å². The van der Waals surface area contributed by atoms with Crippen LogP contribution in [0.3, 0.4) is 0 Å². The number of ether oxygens (including phenoxy) is 1. The Morgan fingerprint density at radius 3 is 2.55 bits per heavy atom. The predicted molar refractivity (Wildman–Crippen MR) is 164 cm³/mol. The predicted octanol–water partition coefficient (Wildman–Crippen LogP) is 4.28. The molecule has 1 amide bonds. The summed E-state index contributed by atoms with van der Waals surface area (Å²) in [6, 6.07) is 14.1. The maximum atomic E-state index is 13.4. The number of benzene rings is 2. The molecule has 42 heavy (non-hydrogen) atoms. The van der Waals surface area contributed by atoms with Crippen LogP contribution < -0.4 is 5.32 Å². The highest BCUT2D eigenvalue weighted by Gasteiger charge is 2.40. The van der Waals surface area contributed by atoms with E-state index in [-0.39, 0.29) is 12.3 Å². The lowest BCUT2D eigenvalue weighted by Crippen LogP contribution is -2.52. The van der Waals surface area contributed by atoms with Crippen LogP contribution in [0.1, 0.15) is 54.9 Å². The fourth-order valence-corrected chi connectivity index (χ4v) is 6.57. The van der Waals surface area contributed by atoms with Gasteiger partial charge in [-0.25, -0.2) is 4.79 Å². The Bertz CT molecular complexity index is 1390. The summed E-state index contributed by atoms with van der Waals surface area (Å²) >= 11 is 0. The number of aliphatic carboxylic acids is 1. The Morgan fingerprint density at radius 2 is 1.83 bits per heavy atom. The molecule has 1 aromatic heterocycles. The first kappa shape index (κ1) is 30.1. The molecule has 2 N–H and O–H groups in total. The van der Waals surface area contributed by atoms with Gasteiger partial charge in [-0.15, -0.1) is 0 Å². The number of pyridine rings is 1. The molecule has 2 fully saturated rings. The highest BCUT2D eigenvalue weighted by Crippen LogP contribution is 2.38. The van der Waals surface area contributed by atoms with Crippen LogP contribution in [0.15, 0.2) is 54.9 Å². The molecule has 2 heterocycles. The van der Waals surface area contributed by atoms with Crippen molar-refractivity contribution in [1.29, 1.82) is 0 Å². The molecular weight excluding hydrogens is 528 g/mol. The van der Waals surface area contributed by atoms with Crippen LogP contribution in [0, 0.1) is 5.41 Å². The molecular formula is C34H44N4O4. The number of morpholine rings is 1. The molecule has 1 saturated heterocycles. The number of fused-ring (bicyclic) bond motifs is 1. The topological polar surface area (TPSA) is 95.0 Å². The van der Waals surface area contributed by atoms with Gasteiger partial charge in [0.15, 0.2) is 0 Å². The van der Waals surface area contributed by atoms with Gasteiger partial charge in [0.2, 0.25) is 5.91 Å². The molecule has 0 bridgehead atoms. The number of hydrogen-bond acceptors (Lipinski definition) is 6. The van der Waals surface area contributed by atoms with Crippen molar-refractivity contribution in [2.45, 2.75) is 64.1 Å². The molecule has 8 nitrogen and oxygen atoms in total. The zero-order chi connectivity index (χ0) is 29.7. The molecule has 2 aromatic carbocycles. The van der Waals surface area contributed by atoms with E-state index in [1.165, 1.54) is 11.1 Å². The molecule has 0 spiro atoms. The standard InChI is InChI=1S/C34H44N4O4/c1-34(10-7-29(8-11-34)38-13-15-42-16-14-38)33(41)36-31(32(39)40)21-25-6-4-5-24(17-25)18-28-20-26(23-37(2)3)19-27-9-12-35-22-30(27)28/h4-6,9,12,17,19-20,22,29,31H,7-8,10-11,13-16,18,21,23H2,1-3H3,(H,36,41)(H,39,40). The lowest BCUT2D eigenvalue weighted by molar-refractivity contribution is -0.144. The third-order valence-corrected chi connectivity index (χ3v) is 9.00. The minimum absolute atomic E-state index is 0.150. The van der Waals surface area contributed by atoms with Crippen molar-refractivity contribution < 1.29 is 19.4 Å². The van der Waals surface area contributed by atoms with Gasteiger partial charge in [0.25, 0.3) is 0 Å². The number of amides is 1. The third kappa shape index (κ3) is 7.35. The first-order valence-electron chi connectivity index (χ1n) is 15.1. The van der Waals surface area contributed by atoms with Crippen molar-refractivity contribution in [3.05, 3.63) is 77.1 Å². The summed E-state index contributed by atoms with van der Waals surface area (Å²) < 4.78 is 5.49. The van der Waals surface area contributed by atoms with Crippen molar-refractivity contribution in [2.24, 2.45) is 5.41 Å². The Hall–Kier alpha value is -3.33. The zero-order valence-corrected chi connectivity index (χ0v) is 25.1. The van der Waals surface area contributed by atoms with E-state index in [1.807, 2.05) is 37.5 Å². The van der Waals surface area contributed by atoms with E-state index in [9.17, 15) is 14.7 Å². The average molecular weight is 573 g/mol. The Morgan fingerprint density at radius 1 is 1.10 bits per heavy atom. The van der Waals surface area contributed by atoms with E-state index in [0.29, 0.717) is 12.5 Å². The number of aromatic nitrogens is 1. The number of carboxylic acids is 1. The number of carbonyl (C=O) groups excluding carboxylic acids is 1.